The lowest BCUT2D eigenvalue weighted by atomic mass is 9.95. The van der Waals surface area contributed by atoms with Crippen LogP contribution in [0.15, 0.2) is 25.8 Å². The summed E-state index contributed by atoms with van der Waals surface area (Å²) in [4.78, 5) is 2.29. The van der Waals surface area contributed by atoms with Crippen molar-refractivity contribution < 1.29 is 5.11 Å². The van der Waals surface area contributed by atoms with E-state index >= 15 is 0 Å². The first-order chi connectivity index (χ1) is 8.29. The predicted octanol–water partition coefficient (Wildman–Crippen LogP) is 5.71. The molecule has 0 saturated heterocycles. The molecule has 0 amide bonds. The van der Waals surface area contributed by atoms with Crippen LogP contribution in [0.2, 0.25) is 0 Å². The van der Waals surface area contributed by atoms with Crippen LogP contribution in [0.4, 0.5) is 0 Å². The van der Waals surface area contributed by atoms with Crippen LogP contribution in [-0.4, -0.2) is 5.11 Å². The Morgan fingerprint density at radius 1 is 1.17 bits per heavy atom. The van der Waals surface area contributed by atoms with E-state index in [9.17, 15) is 5.11 Å². The summed E-state index contributed by atoms with van der Waals surface area (Å²) in [7, 11) is 0. The molecule has 0 aliphatic rings. The molecular formula is C13H14Br2OS2. The zero-order valence-corrected chi connectivity index (χ0v) is 15.1. The molecule has 0 fully saturated rings. The molecule has 1 atom stereocenters. The van der Waals surface area contributed by atoms with Gasteiger partial charge in [-0.15, -0.1) is 22.7 Å². The summed E-state index contributed by atoms with van der Waals surface area (Å²) < 4.78 is 2.00. The minimum atomic E-state index is -0.553. The number of hydrogen-bond donors (Lipinski definition) is 1. The standard InChI is InChI=1S/C13H14Br2OS2/c1-13(2,3)9-5-4-8(17-9)11(16)7-6-10(14)18-12(7)15/h4-6,11,16H,1-3H3. The molecule has 2 rings (SSSR count). The molecule has 1 unspecified atom stereocenters. The summed E-state index contributed by atoms with van der Waals surface area (Å²) in [5.74, 6) is 0. The second kappa shape index (κ2) is 5.37. The van der Waals surface area contributed by atoms with E-state index < -0.39 is 6.10 Å². The van der Waals surface area contributed by atoms with Gasteiger partial charge < -0.3 is 5.11 Å². The van der Waals surface area contributed by atoms with E-state index in [0.29, 0.717) is 0 Å². The highest BCUT2D eigenvalue weighted by molar-refractivity contribution is 9.12. The van der Waals surface area contributed by atoms with E-state index in [2.05, 4.69) is 58.7 Å². The average Bonchev–Trinajstić information content (AvgIpc) is 2.83. The minimum Gasteiger partial charge on any atom is -0.383 e. The van der Waals surface area contributed by atoms with E-state index in [1.165, 1.54) is 4.88 Å². The lowest BCUT2D eigenvalue weighted by Gasteiger charge is -2.15. The third-order valence-corrected chi connectivity index (χ3v) is 6.56. The fourth-order valence-corrected chi connectivity index (χ4v) is 5.55. The van der Waals surface area contributed by atoms with Gasteiger partial charge in [0.15, 0.2) is 0 Å². The highest BCUT2D eigenvalue weighted by Gasteiger charge is 2.21. The fourth-order valence-electron chi connectivity index (χ4n) is 1.60. The molecule has 0 bridgehead atoms. The third-order valence-electron chi connectivity index (χ3n) is 2.61. The number of hydrogen-bond acceptors (Lipinski definition) is 3. The van der Waals surface area contributed by atoms with Gasteiger partial charge in [-0.25, -0.2) is 0 Å². The SMILES string of the molecule is CC(C)(C)c1ccc(C(O)c2cc(Br)sc2Br)s1. The Morgan fingerprint density at radius 2 is 1.83 bits per heavy atom. The van der Waals surface area contributed by atoms with Gasteiger partial charge in [-0.1, -0.05) is 20.8 Å². The van der Waals surface area contributed by atoms with Gasteiger partial charge in [0.25, 0.3) is 0 Å². The lowest BCUT2D eigenvalue weighted by molar-refractivity contribution is 0.224. The van der Waals surface area contributed by atoms with Crippen LogP contribution in [0, 0.1) is 0 Å². The molecule has 5 heteroatoms. The smallest absolute Gasteiger partial charge is 0.115 e. The maximum absolute atomic E-state index is 10.4. The molecule has 0 aromatic carbocycles. The van der Waals surface area contributed by atoms with Crippen LogP contribution < -0.4 is 0 Å². The van der Waals surface area contributed by atoms with Gasteiger partial charge in [0.05, 0.1) is 7.57 Å². The normalized spacial score (nSPS) is 13.9. The molecule has 2 heterocycles. The first-order valence-corrected chi connectivity index (χ1v) is 8.74. The van der Waals surface area contributed by atoms with Crippen molar-refractivity contribution in [1.29, 1.82) is 0 Å². The van der Waals surface area contributed by atoms with Crippen molar-refractivity contribution in [3.63, 3.8) is 0 Å². The molecule has 2 aromatic heterocycles. The van der Waals surface area contributed by atoms with Gasteiger partial charge in [0.2, 0.25) is 0 Å². The summed E-state index contributed by atoms with van der Waals surface area (Å²) in [5.41, 5.74) is 1.06. The molecule has 0 aliphatic heterocycles. The maximum Gasteiger partial charge on any atom is 0.115 e. The van der Waals surface area contributed by atoms with E-state index in [4.69, 9.17) is 0 Å². The molecule has 0 radical (unpaired) electrons. The van der Waals surface area contributed by atoms with E-state index in [1.54, 1.807) is 22.7 Å². The van der Waals surface area contributed by atoms with Gasteiger partial charge in [0.1, 0.15) is 6.10 Å². The molecule has 18 heavy (non-hydrogen) atoms. The summed E-state index contributed by atoms with van der Waals surface area (Å²) >= 11 is 10.2. The number of rotatable bonds is 2. The monoisotopic (exact) mass is 408 g/mol. The zero-order chi connectivity index (χ0) is 13.5. The predicted molar refractivity (Wildman–Crippen MR) is 86.8 cm³/mol. The van der Waals surface area contributed by atoms with Gasteiger partial charge in [0, 0.05) is 15.3 Å². The second-order valence-corrected chi connectivity index (χ2v) is 10.00. The first kappa shape index (κ1) is 14.7. The van der Waals surface area contributed by atoms with Crippen molar-refractivity contribution in [3.8, 4) is 0 Å². The van der Waals surface area contributed by atoms with Crippen molar-refractivity contribution >= 4 is 54.5 Å². The molecule has 98 valence electrons. The highest BCUT2D eigenvalue weighted by Crippen LogP contribution is 2.40. The van der Waals surface area contributed by atoms with E-state index in [-0.39, 0.29) is 5.41 Å². The van der Waals surface area contributed by atoms with Crippen LogP contribution >= 0.6 is 54.5 Å². The molecule has 1 nitrogen and oxygen atoms in total. The van der Waals surface area contributed by atoms with Crippen LogP contribution in [-0.2, 0) is 5.41 Å². The van der Waals surface area contributed by atoms with Crippen molar-refractivity contribution in [3.05, 3.63) is 41.1 Å². The molecule has 0 aliphatic carbocycles. The Morgan fingerprint density at radius 3 is 2.28 bits per heavy atom. The summed E-state index contributed by atoms with van der Waals surface area (Å²) in [6, 6.07) is 6.10. The summed E-state index contributed by atoms with van der Waals surface area (Å²) in [6.07, 6.45) is -0.553. The van der Waals surface area contributed by atoms with Crippen molar-refractivity contribution in [2.45, 2.75) is 32.3 Å². The largest absolute Gasteiger partial charge is 0.383 e. The number of thiophene rings is 2. The Balaban J connectivity index is 2.32. The van der Waals surface area contributed by atoms with Gasteiger partial charge in [-0.3, -0.25) is 0 Å². The van der Waals surface area contributed by atoms with Crippen molar-refractivity contribution in [2.24, 2.45) is 0 Å². The quantitative estimate of drug-likeness (QED) is 0.672. The Bertz CT molecular complexity index is 552. The highest BCUT2D eigenvalue weighted by atomic mass is 79.9. The molecule has 0 saturated carbocycles. The van der Waals surface area contributed by atoms with Crippen molar-refractivity contribution in [1.82, 2.24) is 0 Å². The van der Waals surface area contributed by atoms with Crippen LogP contribution in [0.3, 0.4) is 0 Å². The number of halogens is 2. The minimum absolute atomic E-state index is 0.134. The third kappa shape index (κ3) is 3.07. The van der Waals surface area contributed by atoms with E-state index in [1.807, 2.05) is 12.1 Å². The Kier molecular flexibility index (Phi) is 4.39. The van der Waals surface area contributed by atoms with Crippen LogP contribution in [0.1, 0.15) is 42.2 Å². The van der Waals surface area contributed by atoms with Gasteiger partial charge >= 0.3 is 0 Å². The molecule has 0 spiro atoms. The lowest BCUT2D eigenvalue weighted by Crippen LogP contribution is -2.07. The molecule has 2 aromatic rings. The summed E-state index contributed by atoms with van der Waals surface area (Å²) in [5, 5.41) is 10.4. The number of aliphatic hydroxyl groups excluding tert-OH is 1. The zero-order valence-electron chi connectivity index (χ0n) is 10.3. The van der Waals surface area contributed by atoms with Gasteiger partial charge in [-0.05, 0) is 55.5 Å². The first-order valence-electron chi connectivity index (χ1n) is 5.52. The fraction of sp³-hybridized carbons (Fsp3) is 0.385. The average molecular weight is 410 g/mol. The van der Waals surface area contributed by atoms with Crippen LogP contribution in [0.25, 0.3) is 0 Å². The van der Waals surface area contributed by atoms with E-state index in [0.717, 1.165) is 18.0 Å². The van der Waals surface area contributed by atoms with Crippen LogP contribution in [0.5, 0.6) is 0 Å². The maximum atomic E-state index is 10.4. The second-order valence-electron chi connectivity index (χ2n) is 5.13. The molecular weight excluding hydrogens is 396 g/mol. The Labute approximate surface area is 132 Å². The molecule has 1 N–H and O–H groups in total. The summed E-state index contributed by atoms with van der Waals surface area (Å²) in [6.45, 7) is 6.56. The van der Waals surface area contributed by atoms with Gasteiger partial charge in [-0.2, -0.15) is 0 Å². The number of aliphatic hydroxyl groups is 1. The topological polar surface area (TPSA) is 20.2 Å². The Hall–Kier alpha value is 0.320. The van der Waals surface area contributed by atoms with Crippen molar-refractivity contribution in [2.75, 3.05) is 0 Å².